The van der Waals surface area contributed by atoms with Gasteiger partial charge in [0, 0.05) is 13.6 Å². The first-order valence-electron chi connectivity index (χ1n) is 6.22. The van der Waals surface area contributed by atoms with Gasteiger partial charge in [0.25, 0.3) is 11.5 Å². The van der Waals surface area contributed by atoms with E-state index < -0.39 is 11.5 Å². The van der Waals surface area contributed by atoms with Crippen LogP contribution in [0.4, 0.5) is 0 Å². The van der Waals surface area contributed by atoms with Gasteiger partial charge in [0.05, 0.1) is 10.9 Å². The van der Waals surface area contributed by atoms with Crippen molar-refractivity contribution in [1.82, 2.24) is 9.55 Å². The number of benzene rings is 2. The summed E-state index contributed by atoms with van der Waals surface area (Å²) in [5.41, 5.74) is 0.594. The standard InChI is InChI=1S/C15H8BrIN2O2S/c16-9-3-1-2-8(6-9)13(20)19-14(21)11-7-10(17)4-5-12(11)18-15(19)22/h1-7H,(H,18,22). The number of hydrogen-bond acceptors (Lipinski definition) is 3. The van der Waals surface area contributed by atoms with Crippen LogP contribution >= 0.6 is 50.7 Å². The quantitative estimate of drug-likeness (QED) is 0.416. The van der Waals surface area contributed by atoms with E-state index in [4.69, 9.17) is 12.2 Å². The molecule has 0 spiro atoms. The van der Waals surface area contributed by atoms with Crippen molar-refractivity contribution < 1.29 is 4.79 Å². The summed E-state index contributed by atoms with van der Waals surface area (Å²) in [4.78, 5) is 28.2. The smallest absolute Gasteiger partial charge is 0.269 e. The Hall–Kier alpha value is -1.32. The second kappa shape index (κ2) is 6.05. The molecule has 4 nitrogen and oxygen atoms in total. The van der Waals surface area contributed by atoms with Gasteiger partial charge in [-0.05, 0) is 71.2 Å². The van der Waals surface area contributed by atoms with Gasteiger partial charge in [-0.1, -0.05) is 22.0 Å². The summed E-state index contributed by atoms with van der Waals surface area (Å²) < 4.78 is 2.75. The molecule has 110 valence electrons. The van der Waals surface area contributed by atoms with Gasteiger partial charge in [0.15, 0.2) is 4.77 Å². The molecule has 0 aliphatic heterocycles. The van der Waals surface area contributed by atoms with E-state index >= 15 is 0 Å². The summed E-state index contributed by atoms with van der Waals surface area (Å²) in [6.45, 7) is 0. The Morgan fingerprint density at radius 2 is 2.00 bits per heavy atom. The minimum absolute atomic E-state index is 0.0867. The van der Waals surface area contributed by atoms with E-state index in [0.29, 0.717) is 16.5 Å². The lowest BCUT2D eigenvalue weighted by atomic mass is 10.2. The number of halogens is 2. The molecule has 3 rings (SSSR count). The lowest BCUT2D eigenvalue weighted by Gasteiger charge is -2.07. The third-order valence-corrected chi connectivity index (χ3v) is 4.58. The number of nitrogens with one attached hydrogen (secondary N) is 1. The number of nitrogens with zero attached hydrogens (tertiary/aromatic N) is 1. The Labute approximate surface area is 152 Å². The number of aromatic amines is 1. The molecule has 1 aromatic heterocycles. The second-order valence-electron chi connectivity index (χ2n) is 4.58. The first-order valence-corrected chi connectivity index (χ1v) is 8.50. The van der Waals surface area contributed by atoms with Crippen LogP contribution in [-0.4, -0.2) is 15.5 Å². The summed E-state index contributed by atoms with van der Waals surface area (Å²) in [6.07, 6.45) is 0. The van der Waals surface area contributed by atoms with Crippen LogP contribution in [0.3, 0.4) is 0 Å². The summed E-state index contributed by atoms with van der Waals surface area (Å²) in [5, 5.41) is 0.434. The lowest BCUT2D eigenvalue weighted by Crippen LogP contribution is -2.29. The van der Waals surface area contributed by atoms with E-state index in [1.807, 2.05) is 12.1 Å². The fourth-order valence-corrected chi connectivity index (χ4v) is 3.29. The minimum Gasteiger partial charge on any atom is -0.331 e. The van der Waals surface area contributed by atoms with E-state index in [1.54, 1.807) is 30.3 Å². The van der Waals surface area contributed by atoms with Crippen molar-refractivity contribution in [2.24, 2.45) is 0 Å². The molecule has 1 N–H and O–H groups in total. The highest BCUT2D eigenvalue weighted by Crippen LogP contribution is 2.15. The first kappa shape index (κ1) is 15.6. The fraction of sp³-hybridized carbons (Fsp3) is 0. The topological polar surface area (TPSA) is 54.9 Å². The van der Waals surface area contributed by atoms with Gasteiger partial charge in [-0.3, -0.25) is 9.59 Å². The van der Waals surface area contributed by atoms with Crippen LogP contribution in [-0.2, 0) is 0 Å². The SMILES string of the molecule is O=C(c1cccc(Br)c1)n1c(=S)[nH]c2ccc(I)cc2c1=O. The molecule has 0 unspecified atom stereocenters. The van der Waals surface area contributed by atoms with Crippen LogP contribution < -0.4 is 5.56 Å². The van der Waals surface area contributed by atoms with Crippen LogP contribution in [0.15, 0.2) is 51.7 Å². The monoisotopic (exact) mass is 486 g/mol. The lowest BCUT2D eigenvalue weighted by molar-refractivity contribution is 0.0953. The molecular weight excluding hydrogens is 479 g/mol. The van der Waals surface area contributed by atoms with Crippen LogP contribution in [0.2, 0.25) is 0 Å². The number of aromatic nitrogens is 2. The predicted molar refractivity (Wildman–Crippen MR) is 100.0 cm³/mol. The Kier molecular flexibility index (Phi) is 4.28. The number of H-pyrrole nitrogens is 1. The molecule has 0 atom stereocenters. The van der Waals surface area contributed by atoms with Gasteiger partial charge in [0.2, 0.25) is 0 Å². The Morgan fingerprint density at radius 3 is 2.73 bits per heavy atom. The van der Waals surface area contributed by atoms with Crippen molar-refractivity contribution in [2.75, 3.05) is 0 Å². The molecule has 3 aromatic rings. The first-order chi connectivity index (χ1) is 10.5. The van der Waals surface area contributed by atoms with Gasteiger partial charge in [-0.2, -0.15) is 0 Å². The summed E-state index contributed by atoms with van der Waals surface area (Å²) in [6, 6.07) is 12.2. The molecule has 0 bridgehead atoms. The van der Waals surface area contributed by atoms with E-state index in [-0.39, 0.29) is 4.77 Å². The molecule has 0 aliphatic carbocycles. The highest BCUT2D eigenvalue weighted by atomic mass is 127. The molecule has 22 heavy (non-hydrogen) atoms. The largest absolute Gasteiger partial charge is 0.331 e. The van der Waals surface area contributed by atoms with Crippen LogP contribution in [0.1, 0.15) is 10.4 Å². The van der Waals surface area contributed by atoms with E-state index in [2.05, 4.69) is 43.5 Å². The number of rotatable bonds is 1. The van der Waals surface area contributed by atoms with Crippen LogP contribution in [0.5, 0.6) is 0 Å². The normalized spacial score (nSPS) is 10.8. The Morgan fingerprint density at radius 1 is 1.23 bits per heavy atom. The van der Waals surface area contributed by atoms with Gasteiger partial charge in [-0.25, -0.2) is 4.57 Å². The molecule has 0 amide bonds. The molecule has 1 heterocycles. The summed E-state index contributed by atoms with van der Waals surface area (Å²) in [7, 11) is 0. The van der Waals surface area contributed by atoms with E-state index in [1.165, 1.54) is 0 Å². The maximum Gasteiger partial charge on any atom is 0.269 e. The van der Waals surface area contributed by atoms with Crippen molar-refractivity contribution in [3.63, 3.8) is 0 Å². The Balaban J connectivity index is 2.29. The molecule has 0 fully saturated rings. The third kappa shape index (κ3) is 2.80. The molecular formula is C15H8BrIN2O2S. The second-order valence-corrected chi connectivity index (χ2v) is 7.12. The van der Waals surface area contributed by atoms with E-state index in [9.17, 15) is 9.59 Å². The molecule has 7 heteroatoms. The van der Waals surface area contributed by atoms with Gasteiger partial charge in [-0.15, -0.1) is 0 Å². The molecule has 0 saturated carbocycles. The minimum atomic E-state index is -0.451. The van der Waals surface area contributed by atoms with Crippen LogP contribution in [0, 0.1) is 8.34 Å². The maximum atomic E-state index is 12.6. The Bertz CT molecular complexity index is 1030. The average molecular weight is 487 g/mol. The third-order valence-electron chi connectivity index (χ3n) is 3.13. The zero-order chi connectivity index (χ0) is 15.9. The summed E-state index contributed by atoms with van der Waals surface area (Å²) >= 11 is 10.6. The van der Waals surface area contributed by atoms with Crippen molar-refractivity contribution in [2.45, 2.75) is 0 Å². The van der Waals surface area contributed by atoms with Crippen molar-refractivity contribution in [3.05, 3.63) is 71.2 Å². The molecule has 0 aliphatic rings. The van der Waals surface area contributed by atoms with Gasteiger partial charge < -0.3 is 4.98 Å². The van der Waals surface area contributed by atoms with Crippen molar-refractivity contribution in [1.29, 1.82) is 0 Å². The number of fused-ring (bicyclic) bond motifs is 1. The highest BCUT2D eigenvalue weighted by Gasteiger charge is 2.15. The zero-order valence-electron chi connectivity index (χ0n) is 11.0. The van der Waals surface area contributed by atoms with Crippen molar-refractivity contribution in [3.8, 4) is 0 Å². The van der Waals surface area contributed by atoms with Crippen LogP contribution in [0.25, 0.3) is 10.9 Å². The van der Waals surface area contributed by atoms with Crippen molar-refractivity contribution >= 4 is 67.5 Å². The zero-order valence-corrected chi connectivity index (χ0v) is 15.5. The van der Waals surface area contributed by atoms with Gasteiger partial charge >= 0.3 is 0 Å². The predicted octanol–water partition coefficient (Wildman–Crippen LogP) is 4.11. The average Bonchev–Trinajstić information content (AvgIpc) is 2.48. The highest BCUT2D eigenvalue weighted by molar-refractivity contribution is 14.1. The summed E-state index contributed by atoms with van der Waals surface area (Å²) in [5.74, 6) is -0.451. The number of carbonyl (C=O) groups is 1. The number of hydrogen-bond donors (Lipinski definition) is 1. The van der Waals surface area contributed by atoms with E-state index in [0.717, 1.165) is 12.6 Å². The van der Waals surface area contributed by atoms with Gasteiger partial charge in [0.1, 0.15) is 0 Å². The molecule has 0 saturated heterocycles. The molecule has 0 radical (unpaired) electrons. The maximum absolute atomic E-state index is 12.6. The molecule has 2 aromatic carbocycles. The fourth-order valence-electron chi connectivity index (χ4n) is 2.12. The number of carbonyl (C=O) groups excluding carboxylic acids is 1.